The van der Waals surface area contributed by atoms with Crippen molar-refractivity contribution in [3.05, 3.63) is 40.5 Å². The molecule has 0 amide bonds. The largest absolute Gasteiger partial charge is 0.489 e. The van der Waals surface area contributed by atoms with Gasteiger partial charge >= 0.3 is 5.97 Å². The molecule has 1 atom stereocenters. The van der Waals surface area contributed by atoms with Crippen LogP contribution in [0.3, 0.4) is 0 Å². The fourth-order valence-corrected chi connectivity index (χ4v) is 2.00. The van der Waals surface area contributed by atoms with Crippen LogP contribution in [0.4, 0.5) is 11.4 Å². The van der Waals surface area contributed by atoms with Crippen molar-refractivity contribution in [2.24, 2.45) is 0 Å². The predicted octanol–water partition coefficient (Wildman–Crippen LogP) is 2.13. The van der Waals surface area contributed by atoms with Gasteiger partial charge in [0, 0.05) is 6.07 Å². The number of nitro benzene ring substituents is 1. The average molecular weight is 278 g/mol. The number of rotatable bonds is 4. The van der Waals surface area contributed by atoms with Gasteiger partial charge in [0.25, 0.3) is 5.69 Å². The molecule has 7 nitrogen and oxygen atoms in total. The molecule has 0 saturated heterocycles. The summed E-state index contributed by atoms with van der Waals surface area (Å²) in [5.74, 6) is -0.368. The zero-order chi connectivity index (χ0) is 14.7. The summed E-state index contributed by atoms with van der Waals surface area (Å²) in [6.45, 7) is 3.97. The monoisotopic (exact) mass is 278 g/mol. The first kappa shape index (κ1) is 13.9. The number of benzene rings is 1. The van der Waals surface area contributed by atoms with Crippen LogP contribution in [0.15, 0.2) is 24.8 Å². The molecule has 0 saturated carbocycles. The number of ether oxygens (including phenoxy) is 2. The summed E-state index contributed by atoms with van der Waals surface area (Å²) in [4.78, 5) is 22.1. The number of nitrogens with one attached hydrogen (secondary N) is 1. The Morgan fingerprint density at radius 3 is 3.05 bits per heavy atom. The van der Waals surface area contributed by atoms with Gasteiger partial charge in [0.15, 0.2) is 5.69 Å². The molecular weight excluding hydrogens is 264 g/mol. The van der Waals surface area contributed by atoms with E-state index in [0.29, 0.717) is 13.0 Å². The molecule has 0 spiro atoms. The molecule has 0 unspecified atom stereocenters. The lowest BCUT2D eigenvalue weighted by Crippen LogP contribution is -2.31. The van der Waals surface area contributed by atoms with Gasteiger partial charge in [-0.05, 0) is 12.5 Å². The third-order valence-corrected chi connectivity index (χ3v) is 2.94. The predicted molar refractivity (Wildman–Crippen MR) is 72.2 cm³/mol. The second kappa shape index (κ2) is 5.60. The van der Waals surface area contributed by atoms with Crippen molar-refractivity contribution >= 4 is 17.3 Å². The van der Waals surface area contributed by atoms with E-state index in [1.54, 1.807) is 6.08 Å². The molecule has 1 N–H and O–H groups in total. The summed E-state index contributed by atoms with van der Waals surface area (Å²) < 4.78 is 10.1. The van der Waals surface area contributed by atoms with Gasteiger partial charge in [-0.1, -0.05) is 6.08 Å². The summed E-state index contributed by atoms with van der Waals surface area (Å²) in [6, 6.07) is 2.53. The molecule has 0 aliphatic carbocycles. The van der Waals surface area contributed by atoms with Crippen LogP contribution in [0.5, 0.6) is 5.75 Å². The molecule has 1 aliphatic rings. The first-order valence-corrected chi connectivity index (χ1v) is 5.97. The molecule has 2 rings (SSSR count). The Hall–Kier alpha value is -2.57. The van der Waals surface area contributed by atoms with Crippen molar-refractivity contribution in [2.75, 3.05) is 19.0 Å². The molecule has 0 fully saturated rings. The normalized spacial score (nSPS) is 16.4. The van der Waals surface area contributed by atoms with Gasteiger partial charge in [0.05, 0.1) is 23.6 Å². The minimum atomic E-state index is -0.646. The number of carbonyl (C=O) groups excluding carboxylic acids is 1. The molecular formula is C13H14N2O5. The van der Waals surface area contributed by atoms with E-state index in [9.17, 15) is 14.9 Å². The van der Waals surface area contributed by atoms with Gasteiger partial charge in [-0.2, -0.15) is 0 Å². The third-order valence-electron chi connectivity index (χ3n) is 2.94. The molecule has 20 heavy (non-hydrogen) atoms. The summed E-state index contributed by atoms with van der Waals surface area (Å²) in [7, 11) is 1.22. The number of anilines is 1. The van der Waals surface area contributed by atoms with Crippen LogP contribution in [0.2, 0.25) is 0 Å². The van der Waals surface area contributed by atoms with Crippen LogP contribution in [0, 0.1) is 10.1 Å². The topological polar surface area (TPSA) is 90.7 Å². The van der Waals surface area contributed by atoms with Crippen molar-refractivity contribution in [1.29, 1.82) is 0 Å². The van der Waals surface area contributed by atoms with E-state index in [2.05, 4.69) is 16.6 Å². The number of esters is 1. The van der Waals surface area contributed by atoms with E-state index in [1.165, 1.54) is 19.2 Å². The standard InChI is InChI=1S/C13H14N2O5/c1-3-4-9-7-20-11-6-8(13(16)19-2)5-10(15(17)18)12(11)14-9/h3,5-6,9,14H,1,4,7H2,2H3/t9-/m1/s1. The van der Waals surface area contributed by atoms with E-state index in [1.807, 2.05) is 0 Å². The maximum atomic E-state index is 11.5. The highest BCUT2D eigenvalue weighted by Crippen LogP contribution is 2.39. The van der Waals surface area contributed by atoms with Gasteiger partial charge in [0.1, 0.15) is 12.4 Å². The molecule has 1 aromatic carbocycles. The Kier molecular flexibility index (Phi) is 3.88. The van der Waals surface area contributed by atoms with Crippen LogP contribution >= 0.6 is 0 Å². The van der Waals surface area contributed by atoms with Crippen molar-refractivity contribution in [3.63, 3.8) is 0 Å². The van der Waals surface area contributed by atoms with Crippen molar-refractivity contribution in [2.45, 2.75) is 12.5 Å². The number of nitrogens with zero attached hydrogens (tertiary/aromatic N) is 1. The Morgan fingerprint density at radius 2 is 2.45 bits per heavy atom. The highest BCUT2D eigenvalue weighted by Gasteiger charge is 2.28. The Balaban J connectivity index is 2.45. The Morgan fingerprint density at radius 1 is 1.70 bits per heavy atom. The summed E-state index contributed by atoms with van der Waals surface area (Å²) >= 11 is 0. The van der Waals surface area contributed by atoms with E-state index in [4.69, 9.17) is 4.74 Å². The number of fused-ring (bicyclic) bond motifs is 1. The van der Waals surface area contributed by atoms with Gasteiger partial charge < -0.3 is 14.8 Å². The molecule has 7 heteroatoms. The molecule has 0 aromatic heterocycles. The Bertz CT molecular complexity index is 570. The molecule has 0 bridgehead atoms. The van der Waals surface area contributed by atoms with E-state index >= 15 is 0 Å². The van der Waals surface area contributed by atoms with Crippen molar-refractivity contribution < 1.29 is 19.2 Å². The molecule has 106 valence electrons. The van der Waals surface area contributed by atoms with Crippen LogP contribution < -0.4 is 10.1 Å². The average Bonchev–Trinajstić information content (AvgIpc) is 2.45. The first-order chi connectivity index (χ1) is 9.56. The second-order valence-electron chi connectivity index (χ2n) is 4.29. The van der Waals surface area contributed by atoms with Crippen LogP contribution in [0.1, 0.15) is 16.8 Å². The SMILES string of the molecule is C=CC[C@@H]1COc2cc(C(=O)OC)cc([N+](=O)[O-])c2N1. The smallest absolute Gasteiger partial charge is 0.338 e. The minimum Gasteiger partial charge on any atom is -0.489 e. The fourth-order valence-electron chi connectivity index (χ4n) is 2.00. The van der Waals surface area contributed by atoms with Crippen molar-refractivity contribution in [3.8, 4) is 5.75 Å². The van der Waals surface area contributed by atoms with E-state index in [0.717, 1.165) is 0 Å². The number of hydrogen-bond donors (Lipinski definition) is 1. The highest BCUT2D eigenvalue weighted by atomic mass is 16.6. The van der Waals surface area contributed by atoms with E-state index in [-0.39, 0.29) is 28.7 Å². The van der Waals surface area contributed by atoms with Gasteiger partial charge in [-0.15, -0.1) is 6.58 Å². The van der Waals surface area contributed by atoms with Gasteiger partial charge in [-0.25, -0.2) is 4.79 Å². The summed E-state index contributed by atoms with van der Waals surface area (Å²) in [5, 5.41) is 14.2. The molecule has 1 heterocycles. The lowest BCUT2D eigenvalue weighted by atomic mass is 10.1. The molecule has 1 aliphatic heterocycles. The number of hydrogen-bond acceptors (Lipinski definition) is 6. The quantitative estimate of drug-likeness (QED) is 0.392. The van der Waals surface area contributed by atoms with E-state index < -0.39 is 10.9 Å². The summed E-state index contributed by atoms with van der Waals surface area (Å²) in [5.41, 5.74) is 0.152. The minimum absolute atomic E-state index is 0.0809. The van der Waals surface area contributed by atoms with Gasteiger partial charge in [-0.3, -0.25) is 10.1 Å². The maximum absolute atomic E-state index is 11.5. The zero-order valence-electron chi connectivity index (χ0n) is 10.9. The van der Waals surface area contributed by atoms with Crippen LogP contribution in [0.25, 0.3) is 0 Å². The third kappa shape index (κ3) is 2.56. The molecule has 0 radical (unpaired) electrons. The second-order valence-corrected chi connectivity index (χ2v) is 4.29. The Labute approximate surface area is 115 Å². The fraction of sp³-hybridized carbons (Fsp3) is 0.308. The summed E-state index contributed by atoms with van der Waals surface area (Å²) in [6.07, 6.45) is 2.33. The number of carbonyl (C=O) groups is 1. The van der Waals surface area contributed by atoms with Crippen molar-refractivity contribution in [1.82, 2.24) is 0 Å². The first-order valence-electron chi connectivity index (χ1n) is 5.97. The zero-order valence-corrected chi connectivity index (χ0v) is 10.9. The number of nitro groups is 1. The number of methoxy groups -OCH3 is 1. The maximum Gasteiger partial charge on any atom is 0.338 e. The highest BCUT2D eigenvalue weighted by molar-refractivity contribution is 5.93. The molecule has 1 aromatic rings. The van der Waals surface area contributed by atoms with Gasteiger partial charge in [0.2, 0.25) is 0 Å². The lowest BCUT2D eigenvalue weighted by Gasteiger charge is -2.26. The van der Waals surface area contributed by atoms with Crippen LogP contribution in [-0.2, 0) is 4.74 Å². The lowest BCUT2D eigenvalue weighted by molar-refractivity contribution is -0.384. The van der Waals surface area contributed by atoms with Crippen LogP contribution in [-0.4, -0.2) is 30.7 Å².